The van der Waals surface area contributed by atoms with Crippen molar-refractivity contribution in [2.75, 3.05) is 7.11 Å². The van der Waals surface area contributed by atoms with E-state index in [9.17, 15) is 4.79 Å². The summed E-state index contributed by atoms with van der Waals surface area (Å²) in [6.45, 7) is 4.14. The number of ether oxygens (including phenoxy) is 1. The second-order valence-corrected chi connectivity index (χ2v) is 3.88. The van der Waals surface area contributed by atoms with Gasteiger partial charge in [0.25, 0.3) is 0 Å². The van der Waals surface area contributed by atoms with Gasteiger partial charge in [0.2, 0.25) is 0 Å². The molecule has 0 spiro atoms. The monoisotopic (exact) mass is 243 g/mol. The Morgan fingerprint density at radius 2 is 1.75 bits per heavy atom. The van der Waals surface area contributed by atoms with Crippen molar-refractivity contribution in [2.24, 2.45) is 11.7 Å². The summed E-state index contributed by atoms with van der Waals surface area (Å²) in [5.74, 6) is 0.0636. The highest BCUT2D eigenvalue weighted by atomic mass is 35.5. The first kappa shape index (κ1) is 14.9. The van der Waals surface area contributed by atoms with E-state index in [4.69, 9.17) is 5.73 Å². The molecule has 0 radical (unpaired) electrons. The lowest BCUT2D eigenvalue weighted by Gasteiger charge is -2.15. The number of nitrogens with two attached hydrogens (primary N) is 1. The van der Waals surface area contributed by atoms with Gasteiger partial charge in [0.15, 0.2) is 0 Å². The minimum atomic E-state index is -0.320. The molecule has 0 unspecified atom stereocenters. The summed E-state index contributed by atoms with van der Waals surface area (Å²) in [6, 6.07) is 7.23. The van der Waals surface area contributed by atoms with E-state index in [1.54, 1.807) is 12.1 Å². The standard InChI is InChI=1S/C12H17NO2.ClH/c1-8(2)11(13)9-4-6-10(7-5-9)12(14)15-3;/h4-8,11H,13H2,1-3H3;1H/t11-;/m0./s1. The average molecular weight is 244 g/mol. The fraction of sp³-hybridized carbons (Fsp3) is 0.417. The Morgan fingerprint density at radius 3 is 2.12 bits per heavy atom. The van der Waals surface area contributed by atoms with Crippen LogP contribution in [0.4, 0.5) is 0 Å². The van der Waals surface area contributed by atoms with Gasteiger partial charge in [-0.1, -0.05) is 26.0 Å². The minimum absolute atomic E-state index is 0. The van der Waals surface area contributed by atoms with Gasteiger partial charge in [0.05, 0.1) is 12.7 Å². The van der Waals surface area contributed by atoms with Crippen LogP contribution in [0.25, 0.3) is 0 Å². The van der Waals surface area contributed by atoms with E-state index >= 15 is 0 Å². The fourth-order valence-electron chi connectivity index (χ4n) is 1.34. The topological polar surface area (TPSA) is 52.3 Å². The third-order valence-corrected chi connectivity index (χ3v) is 2.43. The molecule has 0 bridgehead atoms. The third kappa shape index (κ3) is 3.51. The van der Waals surface area contributed by atoms with Crippen molar-refractivity contribution in [3.05, 3.63) is 35.4 Å². The predicted octanol–water partition coefficient (Wildman–Crippen LogP) is 2.55. The third-order valence-electron chi connectivity index (χ3n) is 2.43. The van der Waals surface area contributed by atoms with E-state index in [2.05, 4.69) is 18.6 Å². The van der Waals surface area contributed by atoms with Gasteiger partial charge in [-0.2, -0.15) is 0 Å². The molecule has 0 aromatic heterocycles. The van der Waals surface area contributed by atoms with E-state index in [1.807, 2.05) is 12.1 Å². The fourth-order valence-corrected chi connectivity index (χ4v) is 1.34. The molecule has 0 amide bonds. The summed E-state index contributed by atoms with van der Waals surface area (Å²) in [6.07, 6.45) is 0. The zero-order chi connectivity index (χ0) is 11.4. The van der Waals surface area contributed by atoms with Crippen molar-refractivity contribution in [1.82, 2.24) is 0 Å². The molecule has 1 atom stereocenters. The summed E-state index contributed by atoms with van der Waals surface area (Å²) in [5.41, 5.74) is 7.57. The Labute approximate surface area is 102 Å². The number of carbonyl (C=O) groups is 1. The first-order chi connectivity index (χ1) is 7.06. The first-order valence-electron chi connectivity index (χ1n) is 5.00. The van der Waals surface area contributed by atoms with E-state index in [1.165, 1.54) is 7.11 Å². The van der Waals surface area contributed by atoms with Crippen LogP contribution in [0.3, 0.4) is 0 Å². The van der Waals surface area contributed by atoms with Crippen molar-refractivity contribution in [2.45, 2.75) is 19.9 Å². The van der Waals surface area contributed by atoms with E-state index in [-0.39, 0.29) is 24.4 Å². The Balaban J connectivity index is 0.00000225. The van der Waals surface area contributed by atoms with Crippen molar-refractivity contribution in [3.63, 3.8) is 0 Å². The number of hydrogen-bond acceptors (Lipinski definition) is 3. The highest BCUT2D eigenvalue weighted by molar-refractivity contribution is 5.89. The number of carbonyl (C=O) groups excluding carboxylic acids is 1. The van der Waals surface area contributed by atoms with Crippen LogP contribution in [0.5, 0.6) is 0 Å². The quantitative estimate of drug-likeness (QED) is 0.831. The largest absolute Gasteiger partial charge is 0.465 e. The minimum Gasteiger partial charge on any atom is -0.465 e. The predicted molar refractivity (Wildman–Crippen MR) is 66.8 cm³/mol. The molecule has 3 nitrogen and oxygen atoms in total. The van der Waals surface area contributed by atoms with Gasteiger partial charge in [-0.3, -0.25) is 0 Å². The maximum absolute atomic E-state index is 11.2. The highest BCUT2D eigenvalue weighted by Crippen LogP contribution is 2.19. The summed E-state index contributed by atoms with van der Waals surface area (Å²) in [5, 5.41) is 0. The summed E-state index contributed by atoms with van der Waals surface area (Å²) >= 11 is 0. The summed E-state index contributed by atoms with van der Waals surface area (Å²) in [4.78, 5) is 11.2. The molecule has 0 fully saturated rings. The zero-order valence-corrected chi connectivity index (χ0v) is 10.6. The lowest BCUT2D eigenvalue weighted by atomic mass is 9.96. The van der Waals surface area contributed by atoms with Crippen LogP contribution in [-0.4, -0.2) is 13.1 Å². The van der Waals surface area contributed by atoms with Gasteiger partial charge >= 0.3 is 5.97 Å². The Kier molecular flexibility index (Phi) is 6.08. The Morgan fingerprint density at radius 1 is 1.25 bits per heavy atom. The van der Waals surface area contributed by atoms with Gasteiger partial charge in [0, 0.05) is 6.04 Å². The molecule has 0 saturated carbocycles. The number of hydrogen-bond donors (Lipinski definition) is 1. The second kappa shape index (κ2) is 6.51. The maximum Gasteiger partial charge on any atom is 0.337 e. The van der Waals surface area contributed by atoms with E-state index in [0.717, 1.165) is 5.56 Å². The van der Waals surface area contributed by atoms with Crippen molar-refractivity contribution >= 4 is 18.4 Å². The molecule has 0 aliphatic rings. The molecule has 1 rings (SSSR count). The van der Waals surface area contributed by atoms with Crippen LogP contribution >= 0.6 is 12.4 Å². The van der Waals surface area contributed by atoms with Gasteiger partial charge in [-0.15, -0.1) is 12.4 Å². The van der Waals surface area contributed by atoms with Crippen LogP contribution < -0.4 is 5.73 Å². The molecule has 0 saturated heterocycles. The molecule has 90 valence electrons. The smallest absolute Gasteiger partial charge is 0.337 e. The van der Waals surface area contributed by atoms with Crippen LogP contribution in [0.1, 0.15) is 35.8 Å². The number of methoxy groups -OCH3 is 1. The summed E-state index contributed by atoms with van der Waals surface area (Å²) < 4.78 is 4.61. The lowest BCUT2D eigenvalue weighted by molar-refractivity contribution is 0.0600. The lowest BCUT2D eigenvalue weighted by Crippen LogP contribution is -2.16. The van der Waals surface area contributed by atoms with Crippen LogP contribution in [-0.2, 0) is 4.74 Å². The van der Waals surface area contributed by atoms with E-state index < -0.39 is 0 Å². The molecule has 16 heavy (non-hydrogen) atoms. The highest BCUT2D eigenvalue weighted by Gasteiger charge is 2.11. The normalized spacial score (nSPS) is 11.8. The number of benzene rings is 1. The van der Waals surface area contributed by atoms with Crippen molar-refractivity contribution < 1.29 is 9.53 Å². The number of halogens is 1. The number of esters is 1. The molecular weight excluding hydrogens is 226 g/mol. The molecule has 0 aliphatic carbocycles. The van der Waals surface area contributed by atoms with Crippen LogP contribution in [0.2, 0.25) is 0 Å². The van der Waals surface area contributed by atoms with Gasteiger partial charge in [-0.05, 0) is 23.6 Å². The van der Waals surface area contributed by atoms with Gasteiger partial charge in [-0.25, -0.2) is 4.79 Å². The molecule has 2 N–H and O–H groups in total. The molecule has 1 aromatic rings. The van der Waals surface area contributed by atoms with Crippen molar-refractivity contribution in [1.29, 1.82) is 0 Å². The molecular formula is C12H18ClNO2. The SMILES string of the molecule is COC(=O)c1ccc([C@@H](N)C(C)C)cc1.Cl. The van der Waals surface area contributed by atoms with Gasteiger partial charge < -0.3 is 10.5 Å². The van der Waals surface area contributed by atoms with E-state index in [0.29, 0.717) is 11.5 Å². The molecule has 1 aromatic carbocycles. The molecule has 0 aliphatic heterocycles. The maximum atomic E-state index is 11.2. The van der Waals surface area contributed by atoms with Crippen molar-refractivity contribution in [3.8, 4) is 0 Å². The first-order valence-corrected chi connectivity index (χ1v) is 5.00. The number of rotatable bonds is 3. The molecule has 0 heterocycles. The van der Waals surface area contributed by atoms with Crippen LogP contribution in [0, 0.1) is 5.92 Å². The zero-order valence-electron chi connectivity index (χ0n) is 9.77. The molecule has 4 heteroatoms. The summed E-state index contributed by atoms with van der Waals surface area (Å²) in [7, 11) is 1.37. The van der Waals surface area contributed by atoms with Crippen LogP contribution in [0.15, 0.2) is 24.3 Å². The van der Waals surface area contributed by atoms with Gasteiger partial charge in [0.1, 0.15) is 0 Å². The average Bonchev–Trinajstić information content (AvgIpc) is 2.27. The Hall–Kier alpha value is -1.06. The Bertz CT molecular complexity index is 335. The second-order valence-electron chi connectivity index (χ2n) is 3.88.